The summed E-state index contributed by atoms with van der Waals surface area (Å²) in [6, 6.07) is 10.1. The molecule has 0 spiro atoms. The first-order chi connectivity index (χ1) is 10.2. The normalized spacial score (nSPS) is 12.1. The average Bonchev–Trinajstić information content (AvgIpc) is 2.94. The maximum absolute atomic E-state index is 12.2. The lowest BCUT2D eigenvalue weighted by molar-refractivity contribution is 0.102. The molecule has 3 rings (SSSR count). The molecular weight excluding hydrogens is 294 g/mol. The Morgan fingerprint density at radius 2 is 2.00 bits per heavy atom. The Balaban J connectivity index is 1.78. The fraction of sp³-hybridized carbons (Fsp3) is 0.133. The number of benzene rings is 2. The zero-order chi connectivity index (χ0) is 14.8. The summed E-state index contributed by atoms with van der Waals surface area (Å²) in [4.78, 5) is 12.2. The number of halogens is 1. The molecule has 0 aliphatic carbocycles. The zero-order valence-corrected chi connectivity index (χ0v) is 11.9. The van der Waals surface area contributed by atoms with Crippen LogP contribution < -0.4 is 19.5 Å². The van der Waals surface area contributed by atoms with Crippen LogP contribution in [-0.2, 0) is 0 Å². The Bertz CT molecular complexity index is 702. The number of hydrogen-bond donors (Lipinski definition) is 1. The molecule has 108 valence electrons. The average molecular weight is 306 g/mol. The van der Waals surface area contributed by atoms with Crippen LogP contribution in [0.4, 0.5) is 5.69 Å². The molecule has 1 heterocycles. The summed E-state index contributed by atoms with van der Waals surface area (Å²) < 4.78 is 15.5. The predicted molar refractivity (Wildman–Crippen MR) is 78.5 cm³/mol. The van der Waals surface area contributed by atoms with E-state index in [4.69, 9.17) is 25.8 Å². The highest BCUT2D eigenvalue weighted by Gasteiger charge is 2.15. The first-order valence-electron chi connectivity index (χ1n) is 6.22. The predicted octanol–water partition coefficient (Wildman–Crippen LogP) is 3.33. The molecule has 0 unspecified atom stereocenters. The molecule has 2 aromatic carbocycles. The molecule has 0 saturated carbocycles. The van der Waals surface area contributed by atoms with Crippen LogP contribution in [0, 0.1) is 0 Å². The van der Waals surface area contributed by atoms with Crippen LogP contribution in [0.1, 0.15) is 10.4 Å². The van der Waals surface area contributed by atoms with E-state index in [-0.39, 0.29) is 12.7 Å². The molecule has 5 nitrogen and oxygen atoms in total. The second-order valence-corrected chi connectivity index (χ2v) is 4.78. The van der Waals surface area contributed by atoms with E-state index in [0.717, 1.165) is 0 Å². The van der Waals surface area contributed by atoms with Gasteiger partial charge in [0.05, 0.1) is 12.1 Å². The molecule has 0 fully saturated rings. The SMILES string of the molecule is COc1ccc(C(=O)Nc2ccc3c(c2)OCO3)cc1Cl. The molecule has 0 aromatic heterocycles. The number of ether oxygens (including phenoxy) is 3. The Morgan fingerprint density at radius 3 is 2.76 bits per heavy atom. The van der Waals surface area contributed by atoms with Gasteiger partial charge >= 0.3 is 0 Å². The van der Waals surface area contributed by atoms with Crippen molar-refractivity contribution in [1.29, 1.82) is 0 Å². The second kappa shape index (κ2) is 5.54. The molecule has 0 atom stereocenters. The summed E-state index contributed by atoms with van der Waals surface area (Å²) in [5.41, 5.74) is 1.06. The number of nitrogens with one attached hydrogen (secondary N) is 1. The Kier molecular flexibility index (Phi) is 3.58. The Hall–Kier alpha value is -2.40. The standard InChI is InChI=1S/C15H12ClNO4/c1-19-12-4-2-9(6-11(12)16)15(18)17-10-3-5-13-14(7-10)21-8-20-13/h2-7H,8H2,1H3,(H,17,18). The van der Waals surface area contributed by atoms with Crippen LogP contribution in [0.2, 0.25) is 5.02 Å². The van der Waals surface area contributed by atoms with Gasteiger partial charge in [-0.25, -0.2) is 0 Å². The van der Waals surface area contributed by atoms with Gasteiger partial charge < -0.3 is 19.5 Å². The molecule has 1 amide bonds. The molecular formula is C15H12ClNO4. The third kappa shape index (κ3) is 2.73. The van der Waals surface area contributed by atoms with E-state index >= 15 is 0 Å². The van der Waals surface area contributed by atoms with Crippen molar-refractivity contribution < 1.29 is 19.0 Å². The van der Waals surface area contributed by atoms with Crippen LogP contribution in [0.25, 0.3) is 0 Å². The summed E-state index contributed by atoms with van der Waals surface area (Å²) in [6.07, 6.45) is 0. The van der Waals surface area contributed by atoms with Crippen LogP contribution in [0.15, 0.2) is 36.4 Å². The zero-order valence-electron chi connectivity index (χ0n) is 11.2. The van der Waals surface area contributed by atoms with Crippen molar-refractivity contribution in [3.05, 3.63) is 47.0 Å². The minimum atomic E-state index is -0.265. The minimum absolute atomic E-state index is 0.195. The monoisotopic (exact) mass is 305 g/mol. The number of methoxy groups -OCH3 is 1. The van der Waals surface area contributed by atoms with Gasteiger partial charge in [0.25, 0.3) is 5.91 Å². The summed E-state index contributed by atoms with van der Waals surface area (Å²) >= 11 is 6.01. The minimum Gasteiger partial charge on any atom is -0.495 e. The van der Waals surface area contributed by atoms with Crippen molar-refractivity contribution in [1.82, 2.24) is 0 Å². The summed E-state index contributed by atoms with van der Waals surface area (Å²) in [5.74, 6) is 1.54. The van der Waals surface area contributed by atoms with Gasteiger partial charge in [-0.2, -0.15) is 0 Å². The molecule has 2 aromatic rings. The lowest BCUT2D eigenvalue weighted by atomic mass is 10.2. The number of anilines is 1. The van der Waals surface area contributed by atoms with Crippen molar-refractivity contribution in [2.45, 2.75) is 0 Å². The van der Waals surface area contributed by atoms with E-state index < -0.39 is 0 Å². The maximum Gasteiger partial charge on any atom is 0.255 e. The molecule has 6 heteroatoms. The van der Waals surface area contributed by atoms with Gasteiger partial charge in [-0.1, -0.05) is 11.6 Å². The molecule has 1 aliphatic rings. The summed E-state index contributed by atoms with van der Waals surface area (Å²) in [5, 5.41) is 3.16. The van der Waals surface area contributed by atoms with E-state index in [0.29, 0.717) is 33.5 Å². The topological polar surface area (TPSA) is 56.8 Å². The van der Waals surface area contributed by atoms with Gasteiger partial charge in [0.2, 0.25) is 6.79 Å². The van der Waals surface area contributed by atoms with Gasteiger partial charge in [-0.15, -0.1) is 0 Å². The van der Waals surface area contributed by atoms with E-state index in [1.165, 1.54) is 7.11 Å². The van der Waals surface area contributed by atoms with Crippen LogP contribution in [0.5, 0.6) is 17.2 Å². The van der Waals surface area contributed by atoms with Gasteiger partial charge in [-0.05, 0) is 30.3 Å². The lowest BCUT2D eigenvalue weighted by Crippen LogP contribution is -2.11. The second-order valence-electron chi connectivity index (χ2n) is 4.37. The highest BCUT2D eigenvalue weighted by atomic mass is 35.5. The number of carbonyl (C=O) groups is 1. The molecule has 0 bridgehead atoms. The first-order valence-corrected chi connectivity index (χ1v) is 6.60. The van der Waals surface area contributed by atoms with Crippen molar-refractivity contribution in [3.8, 4) is 17.2 Å². The fourth-order valence-corrected chi connectivity index (χ4v) is 2.24. The quantitative estimate of drug-likeness (QED) is 0.945. The molecule has 1 N–H and O–H groups in total. The third-order valence-corrected chi connectivity index (χ3v) is 3.34. The van der Waals surface area contributed by atoms with Crippen LogP contribution in [-0.4, -0.2) is 19.8 Å². The van der Waals surface area contributed by atoms with E-state index in [2.05, 4.69) is 5.32 Å². The van der Waals surface area contributed by atoms with Crippen LogP contribution in [0.3, 0.4) is 0 Å². The van der Waals surface area contributed by atoms with Crippen molar-refractivity contribution in [3.63, 3.8) is 0 Å². The van der Waals surface area contributed by atoms with Crippen LogP contribution >= 0.6 is 11.6 Å². The first kappa shape index (κ1) is 13.6. The van der Waals surface area contributed by atoms with Gasteiger partial charge in [0, 0.05) is 17.3 Å². The largest absolute Gasteiger partial charge is 0.495 e. The van der Waals surface area contributed by atoms with E-state index in [1.54, 1.807) is 36.4 Å². The van der Waals surface area contributed by atoms with E-state index in [9.17, 15) is 4.79 Å². The Morgan fingerprint density at radius 1 is 1.19 bits per heavy atom. The smallest absolute Gasteiger partial charge is 0.255 e. The lowest BCUT2D eigenvalue weighted by Gasteiger charge is -2.08. The molecule has 0 radical (unpaired) electrons. The molecule has 0 saturated heterocycles. The van der Waals surface area contributed by atoms with Gasteiger partial charge in [0.1, 0.15) is 5.75 Å². The molecule has 21 heavy (non-hydrogen) atoms. The van der Waals surface area contributed by atoms with Gasteiger partial charge in [0.15, 0.2) is 11.5 Å². The van der Waals surface area contributed by atoms with Crippen molar-refractivity contribution >= 4 is 23.2 Å². The van der Waals surface area contributed by atoms with Crippen molar-refractivity contribution in [2.75, 3.05) is 19.2 Å². The summed E-state index contributed by atoms with van der Waals surface area (Å²) in [7, 11) is 1.52. The highest BCUT2D eigenvalue weighted by molar-refractivity contribution is 6.32. The molecule has 1 aliphatic heterocycles. The van der Waals surface area contributed by atoms with E-state index in [1.807, 2.05) is 0 Å². The summed E-state index contributed by atoms with van der Waals surface area (Å²) in [6.45, 7) is 0.195. The highest BCUT2D eigenvalue weighted by Crippen LogP contribution is 2.34. The number of hydrogen-bond acceptors (Lipinski definition) is 4. The van der Waals surface area contributed by atoms with Crippen molar-refractivity contribution in [2.24, 2.45) is 0 Å². The number of amides is 1. The van der Waals surface area contributed by atoms with Gasteiger partial charge in [-0.3, -0.25) is 4.79 Å². The third-order valence-electron chi connectivity index (χ3n) is 3.04. The Labute approximate surface area is 126 Å². The fourth-order valence-electron chi connectivity index (χ4n) is 1.99. The number of fused-ring (bicyclic) bond motifs is 1. The number of carbonyl (C=O) groups excluding carboxylic acids is 1. The number of rotatable bonds is 3. The maximum atomic E-state index is 12.2.